The number of nitrogens with zero attached hydrogens (tertiary/aromatic N) is 4. The SMILES string of the molecule is Cc1nc(-c2c(C)c(C)nn(C)c2=O)sc1C(=O)NCc1ccc(OC2CCCC2)nc1. The number of aromatic nitrogens is 4. The maximum Gasteiger partial charge on any atom is 0.277 e. The molecule has 0 radical (unpaired) electrons. The first-order valence-corrected chi connectivity index (χ1v) is 11.6. The predicted octanol–water partition coefficient (Wildman–Crippen LogP) is 3.48. The average Bonchev–Trinajstić information content (AvgIpc) is 3.41. The number of hydrogen-bond acceptors (Lipinski definition) is 7. The number of hydrogen-bond donors (Lipinski definition) is 1. The standard InChI is InChI=1S/C23H27N5O3S/c1-13-14(2)27-28(4)23(30)19(13)22-26-15(3)20(32-22)21(29)25-12-16-9-10-18(24-11-16)31-17-7-5-6-8-17/h9-11,17H,5-8,12H2,1-4H3,(H,25,29). The van der Waals surface area contributed by atoms with Crippen molar-refractivity contribution in [3.05, 3.63) is 56.1 Å². The Labute approximate surface area is 190 Å². The van der Waals surface area contributed by atoms with Crippen LogP contribution in [0.25, 0.3) is 10.6 Å². The van der Waals surface area contributed by atoms with Gasteiger partial charge in [-0.05, 0) is 57.6 Å². The zero-order chi connectivity index (χ0) is 22.8. The molecule has 0 atom stereocenters. The van der Waals surface area contributed by atoms with Crippen LogP contribution in [0.15, 0.2) is 23.1 Å². The predicted molar refractivity (Wildman–Crippen MR) is 123 cm³/mol. The van der Waals surface area contributed by atoms with Gasteiger partial charge in [-0.3, -0.25) is 9.59 Å². The zero-order valence-electron chi connectivity index (χ0n) is 18.8. The molecule has 9 heteroatoms. The molecule has 1 aliphatic carbocycles. The number of rotatable bonds is 6. The highest BCUT2D eigenvalue weighted by atomic mass is 32.1. The molecule has 0 bridgehead atoms. The molecule has 3 aromatic heterocycles. The van der Waals surface area contributed by atoms with Crippen molar-refractivity contribution in [3.63, 3.8) is 0 Å². The highest BCUT2D eigenvalue weighted by molar-refractivity contribution is 7.17. The van der Waals surface area contributed by atoms with Crippen molar-refractivity contribution in [2.75, 3.05) is 0 Å². The Hall–Kier alpha value is -3.07. The number of aryl methyl sites for hydroxylation is 3. The van der Waals surface area contributed by atoms with E-state index in [2.05, 4.69) is 20.4 Å². The molecular weight excluding hydrogens is 426 g/mol. The van der Waals surface area contributed by atoms with Gasteiger partial charge in [0.15, 0.2) is 0 Å². The van der Waals surface area contributed by atoms with Crippen LogP contribution in [0.4, 0.5) is 0 Å². The molecule has 3 heterocycles. The number of nitrogens with one attached hydrogen (secondary N) is 1. The summed E-state index contributed by atoms with van der Waals surface area (Å²) in [5.41, 5.74) is 3.29. The molecule has 32 heavy (non-hydrogen) atoms. The van der Waals surface area contributed by atoms with E-state index in [1.165, 1.54) is 28.9 Å². The molecule has 1 saturated carbocycles. The molecule has 3 aromatic rings. The van der Waals surface area contributed by atoms with Crippen molar-refractivity contribution in [2.45, 2.75) is 59.1 Å². The summed E-state index contributed by atoms with van der Waals surface area (Å²) < 4.78 is 7.19. The van der Waals surface area contributed by atoms with E-state index in [0.29, 0.717) is 33.6 Å². The highest BCUT2D eigenvalue weighted by Gasteiger charge is 2.21. The van der Waals surface area contributed by atoms with Crippen LogP contribution >= 0.6 is 11.3 Å². The van der Waals surface area contributed by atoms with Gasteiger partial charge >= 0.3 is 0 Å². The van der Waals surface area contributed by atoms with Gasteiger partial charge in [-0.1, -0.05) is 6.07 Å². The molecule has 0 saturated heterocycles. The van der Waals surface area contributed by atoms with E-state index in [0.717, 1.165) is 29.7 Å². The lowest BCUT2D eigenvalue weighted by Crippen LogP contribution is -2.23. The second-order valence-electron chi connectivity index (χ2n) is 8.16. The molecular formula is C23H27N5O3S. The number of pyridine rings is 1. The van der Waals surface area contributed by atoms with Crippen LogP contribution in [0.3, 0.4) is 0 Å². The van der Waals surface area contributed by atoms with Crippen LogP contribution in [0.2, 0.25) is 0 Å². The average molecular weight is 454 g/mol. The summed E-state index contributed by atoms with van der Waals surface area (Å²) in [5, 5.41) is 7.66. The first-order valence-electron chi connectivity index (χ1n) is 10.8. The van der Waals surface area contributed by atoms with Gasteiger partial charge in [0.2, 0.25) is 5.88 Å². The van der Waals surface area contributed by atoms with Crippen LogP contribution in [-0.2, 0) is 13.6 Å². The number of ether oxygens (including phenoxy) is 1. The Kier molecular flexibility index (Phi) is 6.36. The molecule has 168 valence electrons. The van der Waals surface area contributed by atoms with Crippen molar-refractivity contribution < 1.29 is 9.53 Å². The monoisotopic (exact) mass is 453 g/mol. The van der Waals surface area contributed by atoms with E-state index in [-0.39, 0.29) is 17.6 Å². The lowest BCUT2D eigenvalue weighted by Gasteiger charge is -2.12. The summed E-state index contributed by atoms with van der Waals surface area (Å²) >= 11 is 1.22. The quantitative estimate of drug-likeness (QED) is 0.614. The van der Waals surface area contributed by atoms with Crippen molar-refractivity contribution in [1.82, 2.24) is 25.1 Å². The third kappa shape index (κ3) is 4.57. The summed E-state index contributed by atoms with van der Waals surface area (Å²) in [7, 11) is 1.62. The molecule has 1 fully saturated rings. The molecule has 0 aromatic carbocycles. The minimum Gasteiger partial charge on any atom is -0.474 e. The molecule has 0 aliphatic heterocycles. The lowest BCUT2D eigenvalue weighted by atomic mass is 10.1. The summed E-state index contributed by atoms with van der Waals surface area (Å²) in [6.07, 6.45) is 6.58. The van der Waals surface area contributed by atoms with Gasteiger partial charge in [0, 0.05) is 25.9 Å². The van der Waals surface area contributed by atoms with E-state index in [1.807, 2.05) is 26.0 Å². The molecule has 0 spiro atoms. The Morgan fingerprint density at radius 3 is 2.66 bits per heavy atom. The fourth-order valence-electron chi connectivity index (χ4n) is 3.84. The molecule has 1 amide bonds. The number of thiazole rings is 1. The van der Waals surface area contributed by atoms with Gasteiger partial charge in [0.25, 0.3) is 11.5 Å². The van der Waals surface area contributed by atoms with E-state index in [9.17, 15) is 9.59 Å². The van der Waals surface area contributed by atoms with Crippen LogP contribution in [0.1, 0.15) is 57.9 Å². The minimum atomic E-state index is -0.224. The van der Waals surface area contributed by atoms with Crippen LogP contribution < -0.4 is 15.6 Å². The molecule has 1 aliphatic rings. The second kappa shape index (κ2) is 9.20. The smallest absolute Gasteiger partial charge is 0.277 e. The van der Waals surface area contributed by atoms with Gasteiger partial charge in [-0.2, -0.15) is 5.10 Å². The topological polar surface area (TPSA) is 99.0 Å². The fourth-order valence-corrected chi connectivity index (χ4v) is 4.92. The minimum absolute atomic E-state index is 0.222. The normalized spacial score (nSPS) is 14.0. The Balaban J connectivity index is 1.45. The summed E-state index contributed by atoms with van der Waals surface area (Å²) in [5.74, 6) is 0.400. The van der Waals surface area contributed by atoms with Gasteiger partial charge < -0.3 is 10.1 Å². The van der Waals surface area contributed by atoms with Gasteiger partial charge in [-0.25, -0.2) is 14.6 Å². The zero-order valence-corrected chi connectivity index (χ0v) is 19.6. The Morgan fingerprint density at radius 2 is 1.97 bits per heavy atom. The Morgan fingerprint density at radius 1 is 1.22 bits per heavy atom. The van der Waals surface area contributed by atoms with E-state index >= 15 is 0 Å². The van der Waals surface area contributed by atoms with Crippen LogP contribution in [0.5, 0.6) is 5.88 Å². The van der Waals surface area contributed by atoms with Crippen molar-refractivity contribution in [2.24, 2.45) is 7.05 Å². The first-order chi connectivity index (χ1) is 15.3. The third-order valence-corrected chi connectivity index (χ3v) is 6.96. The molecule has 0 unspecified atom stereocenters. The highest BCUT2D eigenvalue weighted by Crippen LogP contribution is 2.28. The largest absolute Gasteiger partial charge is 0.474 e. The number of carbonyl (C=O) groups excluding carboxylic acids is 1. The fraction of sp³-hybridized carbons (Fsp3) is 0.435. The Bertz CT molecular complexity index is 1190. The summed E-state index contributed by atoms with van der Waals surface area (Å²) in [4.78, 5) is 34.8. The van der Waals surface area contributed by atoms with Gasteiger partial charge in [-0.15, -0.1) is 11.3 Å². The maximum atomic E-state index is 12.8. The van der Waals surface area contributed by atoms with Gasteiger partial charge in [0.1, 0.15) is 16.0 Å². The van der Waals surface area contributed by atoms with E-state index in [1.54, 1.807) is 20.2 Å². The number of amides is 1. The molecule has 1 N–H and O–H groups in total. The summed E-state index contributed by atoms with van der Waals surface area (Å²) in [6.45, 7) is 5.82. The third-order valence-electron chi connectivity index (χ3n) is 5.78. The molecule has 8 nitrogen and oxygen atoms in total. The number of carbonyl (C=O) groups is 1. The van der Waals surface area contributed by atoms with Crippen LogP contribution in [-0.4, -0.2) is 31.8 Å². The van der Waals surface area contributed by atoms with Crippen molar-refractivity contribution in [1.29, 1.82) is 0 Å². The van der Waals surface area contributed by atoms with Crippen LogP contribution in [0, 0.1) is 20.8 Å². The second-order valence-corrected chi connectivity index (χ2v) is 9.16. The van der Waals surface area contributed by atoms with Gasteiger partial charge in [0.05, 0.1) is 17.0 Å². The maximum absolute atomic E-state index is 12.8. The molecule has 4 rings (SSSR count). The lowest BCUT2D eigenvalue weighted by molar-refractivity contribution is 0.0954. The van der Waals surface area contributed by atoms with Crippen molar-refractivity contribution >= 4 is 17.2 Å². The van der Waals surface area contributed by atoms with E-state index in [4.69, 9.17) is 4.74 Å². The summed E-state index contributed by atoms with van der Waals surface area (Å²) in [6, 6.07) is 3.76. The first kappa shape index (κ1) is 22.1. The van der Waals surface area contributed by atoms with E-state index < -0.39 is 0 Å². The van der Waals surface area contributed by atoms with Crippen molar-refractivity contribution in [3.8, 4) is 16.5 Å².